The van der Waals surface area contributed by atoms with Gasteiger partial charge in [0.05, 0.1) is 5.69 Å². The molecular weight excluding hydrogens is 440 g/mol. The van der Waals surface area contributed by atoms with Gasteiger partial charge in [0, 0.05) is 30.6 Å². The number of nitrogens with one attached hydrogen (secondary N) is 1. The molecule has 0 bridgehead atoms. The number of nitrogens with zero attached hydrogens (tertiary/aromatic N) is 3. The maximum Gasteiger partial charge on any atom is 0.224 e. The van der Waals surface area contributed by atoms with Gasteiger partial charge in [-0.25, -0.2) is 4.39 Å². The first kappa shape index (κ1) is 24.6. The summed E-state index contributed by atoms with van der Waals surface area (Å²) in [5, 5.41) is 11.3. The molecule has 0 fully saturated rings. The number of benzene rings is 2. The number of fused-ring (bicyclic) bond motifs is 1. The van der Waals surface area contributed by atoms with Crippen LogP contribution in [0.2, 0.25) is 0 Å². The van der Waals surface area contributed by atoms with Gasteiger partial charge in [-0.2, -0.15) is 0 Å². The highest BCUT2D eigenvalue weighted by Gasteiger charge is 2.17. The Bertz CT molecular complexity index is 1040. The normalized spacial score (nSPS) is 12.7. The molecule has 0 atom stereocenters. The number of aryl methyl sites for hydroxylation is 2. The fourth-order valence-corrected chi connectivity index (χ4v) is 3.68. The first-order valence-electron chi connectivity index (χ1n) is 9.97. The molecule has 166 valence electrons. The first-order valence-corrected chi connectivity index (χ1v) is 9.97. The fraction of sp³-hybridized carbons (Fsp3) is 0.318. The Morgan fingerprint density at radius 2 is 1.90 bits per heavy atom. The van der Waals surface area contributed by atoms with Crippen molar-refractivity contribution < 1.29 is 9.18 Å². The summed E-state index contributed by atoms with van der Waals surface area (Å²) in [6.07, 6.45) is 4.97. The molecule has 0 saturated carbocycles. The summed E-state index contributed by atoms with van der Waals surface area (Å²) in [4.78, 5) is 12.4. The summed E-state index contributed by atoms with van der Waals surface area (Å²) in [5.74, 6) is 0.948. The van der Waals surface area contributed by atoms with Gasteiger partial charge in [-0.1, -0.05) is 24.6 Å². The second kappa shape index (κ2) is 11.1. The van der Waals surface area contributed by atoms with Crippen molar-refractivity contribution >= 4 is 42.1 Å². The van der Waals surface area contributed by atoms with E-state index in [1.807, 2.05) is 18.2 Å². The summed E-state index contributed by atoms with van der Waals surface area (Å²) in [5.41, 5.74) is 8.37. The van der Waals surface area contributed by atoms with Gasteiger partial charge in [-0.15, -0.1) is 35.0 Å². The van der Waals surface area contributed by atoms with E-state index in [0.29, 0.717) is 12.1 Å². The molecule has 2 heterocycles. The molecule has 2 aromatic carbocycles. The minimum atomic E-state index is -0.475. The number of hydrogen-bond donors (Lipinski definition) is 2. The zero-order chi connectivity index (χ0) is 20.2. The molecule has 0 aliphatic carbocycles. The highest BCUT2D eigenvalue weighted by atomic mass is 35.5. The third-order valence-corrected chi connectivity index (χ3v) is 5.28. The van der Waals surface area contributed by atoms with E-state index in [9.17, 15) is 9.18 Å². The van der Waals surface area contributed by atoms with Gasteiger partial charge in [0.25, 0.3) is 0 Å². The van der Waals surface area contributed by atoms with Crippen LogP contribution in [0.4, 0.5) is 15.8 Å². The highest BCUT2D eigenvalue weighted by molar-refractivity contribution is 5.91. The molecule has 1 aliphatic heterocycles. The third-order valence-electron chi connectivity index (χ3n) is 5.28. The Hall–Kier alpha value is -2.64. The number of nitrogen functional groups attached to an aromatic ring is 1. The zero-order valence-corrected chi connectivity index (χ0v) is 18.6. The minimum absolute atomic E-state index is 0. The summed E-state index contributed by atoms with van der Waals surface area (Å²) in [6.45, 7) is 0.856. The maximum atomic E-state index is 14.3. The van der Waals surface area contributed by atoms with Crippen LogP contribution in [0.1, 0.15) is 37.1 Å². The van der Waals surface area contributed by atoms with Crippen molar-refractivity contribution in [2.75, 3.05) is 11.1 Å². The molecule has 9 heteroatoms. The number of anilines is 2. The molecule has 1 amide bonds. The van der Waals surface area contributed by atoms with Crippen LogP contribution in [0.15, 0.2) is 42.5 Å². The number of para-hydroxylation sites is 1. The number of amides is 1. The van der Waals surface area contributed by atoms with Crippen molar-refractivity contribution in [2.24, 2.45) is 0 Å². The van der Waals surface area contributed by atoms with Crippen LogP contribution in [0, 0.1) is 5.82 Å². The number of carbonyl (C=O) groups is 1. The Balaban J connectivity index is 0.00000171. The topological polar surface area (TPSA) is 85.8 Å². The van der Waals surface area contributed by atoms with Crippen LogP contribution < -0.4 is 11.1 Å². The van der Waals surface area contributed by atoms with Crippen LogP contribution in [-0.2, 0) is 24.2 Å². The molecule has 0 radical (unpaired) electrons. The number of halogens is 3. The molecule has 1 aliphatic rings. The SMILES string of the molecule is Cl.Cl.Nc1ccccc1CCC(=O)Nc1cc(-c2nnc3n2CCCCC3)ccc1F. The van der Waals surface area contributed by atoms with Crippen LogP contribution in [-0.4, -0.2) is 20.7 Å². The Kier molecular flexibility index (Phi) is 8.83. The van der Waals surface area contributed by atoms with E-state index in [1.54, 1.807) is 18.2 Å². The van der Waals surface area contributed by atoms with Crippen molar-refractivity contribution in [2.45, 2.75) is 45.1 Å². The summed E-state index contributed by atoms with van der Waals surface area (Å²) in [7, 11) is 0. The average Bonchev–Trinajstić information content (AvgIpc) is 2.97. The highest BCUT2D eigenvalue weighted by Crippen LogP contribution is 2.27. The van der Waals surface area contributed by atoms with Crippen LogP contribution in [0.25, 0.3) is 11.4 Å². The molecule has 6 nitrogen and oxygen atoms in total. The van der Waals surface area contributed by atoms with Crippen LogP contribution >= 0.6 is 24.8 Å². The fourth-order valence-electron chi connectivity index (χ4n) is 3.68. The van der Waals surface area contributed by atoms with Gasteiger partial charge in [-0.3, -0.25) is 4.79 Å². The Morgan fingerprint density at radius 1 is 1.10 bits per heavy atom. The van der Waals surface area contributed by atoms with E-state index in [0.717, 1.165) is 48.6 Å². The molecule has 0 unspecified atom stereocenters. The lowest BCUT2D eigenvalue weighted by molar-refractivity contribution is -0.116. The maximum absolute atomic E-state index is 14.3. The van der Waals surface area contributed by atoms with Gasteiger partial charge in [0.2, 0.25) is 5.91 Å². The van der Waals surface area contributed by atoms with Gasteiger partial charge in [0.1, 0.15) is 11.6 Å². The van der Waals surface area contributed by atoms with E-state index in [4.69, 9.17) is 5.73 Å². The number of rotatable bonds is 5. The number of hydrogen-bond acceptors (Lipinski definition) is 4. The molecule has 3 aromatic rings. The molecular formula is C22H26Cl2FN5O. The molecule has 3 N–H and O–H groups in total. The molecule has 31 heavy (non-hydrogen) atoms. The monoisotopic (exact) mass is 465 g/mol. The van der Waals surface area contributed by atoms with Gasteiger partial charge in [-0.05, 0) is 49.1 Å². The smallest absolute Gasteiger partial charge is 0.224 e. The van der Waals surface area contributed by atoms with E-state index in [2.05, 4.69) is 20.1 Å². The summed E-state index contributed by atoms with van der Waals surface area (Å²) < 4.78 is 16.4. The quantitative estimate of drug-likeness (QED) is 0.529. The largest absolute Gasteiger partial charge is 0.399 e. The zero-order valence-electron chi connectivity index (χ0n) is 17.0. The lowest BCUT2D eigenvalue weighted by atomic mass is 10.1. The lowest BCUT2D eigenvalue weighted by Crippen LogP contribution is -2.14. The van der Waals surface area contributed by atoms with Gasteiger partial charge >= 0.3 is 0 Å². The van der Waals surface area contributed by atoms with Gasteiger partial charge < -0.3 is 15.6 Å². The average molecular weight is 466 g/mol. The van der Waals surface area contributed by atoms with E-state index in [1.165, 1.54) is 12.5 Å². The summed E-state index contributed by atoms with van der Waals surface area (Å²) >= 11 is 0. The second-order valence-electron chi connectivity index (χ2n) is 7.34. The number of aromatic nitrogens is 3. The number of carbonyl (C=O) groups excluding carboxylic acids is 1. The van der Waals surface area contributed by atoms with Crippen LogP contribution in [0.3, 0.4) is 0 Å². The Labute approximate surface area is 193 Å². The van der Waals surface area contributed by atoms with Gasteiger partial charge in [0.15, 0.2) is 5.82 Å². The third kappa shape index (κ3) is 5.74. The van der Waals surface area contributed by atoms with Crippen LogP contribution in [0.5, 0.6) is 0 Å². The van der Waals surface area contributed by atoms with E-state index in [-0.39, 0.29) is 42.8 Å². The van der Waals surface area contributed by atoms with Crippen molar-refractivity contribution in [3.05, 3.63) is 59.7 Å². The predicted octanol–water partition coefficient (Wildman–Crippen LogP) is 4.81. The molecule has 0 spiro atoms. The predicted molar refractivity (Wildman–Crippen MR) is 125 cm³/mol. The molecule has 1 aromatic heterocycles. The number of nitrogens with two attached hydrogens (primary N) is 1. The van der Waals surface area contributed by atoms with Crippen molar-refractivity contribution in [3.8, 4) is 11.4 Å². The first-order chi connectivity index (χ1) is 14.1. The Morgan fingerprint density at radius 3 is 2.71 bits per heavy atom. The lowest BCUT2D eigenvalue weighted by Gasteiger charge is -2.11. The summed E-state index contributed by atoms with van der Waals surface area (Å²) in [6, 6.07) is 12.1. The molecule has 4 rings (SSSR count). The standard InChI is InChI=1S/C22H24FN5O.2ClH/c23-17-11-9-16(22-27-26-20-8-2-1-5-13-28(20)22)14-19(17)25-21(29)12-10-15-6-3-4-7-18(15)24;;/h3-4,6-7,9,11,14H,1-2,5,8,10,12-13,24H2,(H,25,29);2*1H. The van der Waals surface area contributed by atoms with Crippen molar-refractivity contribution in [1.29, 1.82) is 0 Å². The second-order valence-corrected chi connectivity index (χ2v) is 7.34. The van der Waals surface area contributed by atoms with E-state index < -0.39 is 5.82 Å². The van der Waals surface area contributed by atoms with Crippen molar-refractivity contribution in [3.63, 3.8) is 0 Å². The molecule has 0 saturated heterocycles. The minimum Gasteiger partial charge on any atom is -0.399 e. The van der Waals surface area contributed by atoms with E-state index >= 15 is 0 Å². The van der Waals surface area contributed by atoms with Crippen molar-refractivity contribution in [1.82, 2.24) is 14.8 Å².